The predicted molar refractivity (Wildman–Crippen MR) is 56.9 cm³/mol. The minimum Gasteiger partial charge on any atom is -0.544 e. The van der Waals surface area contributed by atoms with Gasteiger partial charge >= 0.3 is 37.7 Å². The third-order valence-electron chi connectivity index (χ3n) is 2.41. The van der Waals surface area contributed by atoms with Crippen LogP contribution >= 0.6 is 0 Å². The van der Waals surface area contributed by atoms with Gasteiger partial charge in [0.15, 0.2) is 0 Å². The Morgan fingerprint density at radius 1 is 0.571 bits per heavy atom. The van der Waals surface area contributed by atoms with Crippen LogP contribution in [-0.2, 0) is 19.2 Å². The first-order valence-electron chi connectivity index (χ1n) is 5.67. The van der Waals surface area contributed by atoms with Crippen molar-refractivity contribution < 1.29 is 49.4 Å². The maximum atomic E-state index is 10.4. The summed E-state index contributed by atoms with van der Waals surface area (Å²) >= 11 is 0. The zero-order chi connectivity index (χ0) is 15.7. The Hall–Kier alpha value is -0.940. The van der Waals surface area contributed by atoms with Gasteiger partial charge in [-0.25, -0.2) is 0 Å². The first kappa shape index (κ1) is 22.3. The van der Waals surface area contributed by atoms with E-state index in [1.165, 1.54) is 0 Å². The number of hydrogen-bond donors (Lipinski definition) is 2. The molecule has 0 spiro atoms. The number of carbonyl (C=O) groups excluding carboxylic acids is 4. The van der Waals surface area contributed by atoms with Gasteiger partial charge in [-0.2, -0.15) is 0 Å². The predicted octanol–water partition coefficient (Wildman–Crippen LogP) is -10.6. The van der Waals surface area contributed by atoms with Crippen LogP contribution in [0, 0.1) is 0 Å². The molecule has 21 heavy (non-hydrogen) atoms. The number of carboxylic acids is 4. The molecule has 0 fully saturated rings. The van der Waals surface area contributed by atoms with Gasteiger partial charge in [0.1, 0.15) is 39.3 Å². The molecule has 0 saturated carbocycles. The van der Waals surface area contributed by atoms with Gasteiger partial charge in [-0.05, 0) is 0 Å². The van der Waals surface area contributed by atoms with Crippen LogP contribution in [-0.4, -0.2) is 101 Å². The summed E-state index contributed by atoms with van der Waals surface area (Å²) in [5.41, 5.74) is 0. The van der Waals surface area contributed by atoms with E-state index in [-0.39, 0.29) is 60.6 Å². The smallest absolute Gasteiger partial charge is 0.544 e. The third-order valence-corrected chi connectivity index (χ3v) is 2.41. The Bertz CT molecular complexity index is 321. The van der Waals surface area contributed by atoms with E-state index in [0.29, 0.717) is 0 Å². The minimum absolute atomic E-state index is 0. The Balaban J connectivity index is 0. The maximum Gasteiger partial charge on any atom is 2.00 e. The summed E-state index contributed by atoms with van der Waals surface area (Å²) in [4.78, 5) is 41.8. The van der Waals surface area contributed by atoms with Gasteiger partial charge in [0.05, 0.1) is 23.9 Å². The summed E-state index contributed by atoms with van der Waals surface area (Å²) in [6, 6.07) is 0. The fraction of sp³-hybridized carbons (Fsp3) is 0.600. The van der Waals surface area contributed by atoms with Gasteiger partial charge in [0.25, 0.3) is 0 Å². The monoisotopic (exact) mass is 330 g/mol. The second-order valence-electron chi connectivity index (χ2n) is 4.20. The Morgan fingerprint density at radius 3 is 0.905 bits per heavy atom. The van der Waals surface area contributed by atoms with E-state index in [4.69, 9.17) is 0 Å². The molecule has 0 heterocycles. The number of hydrogen-bond acceptors (Lipinski definition) is 8. The molecule has 0 saturated heterocycles. The number of carboxylic acid groups (broad SMARTS) is 4. The standard InChI is InChI=1S/C10H16N2O8.Ca/c13-7(14)3-11(4-8(15)16)1-2-12(5-9(17)18)6-10(19)20;/h1-6H2,(H,13,14)(H,15,16)(H,17,18)(H,19,20);/q;+2/p-2. The normalized spacial score (nSPS) is 10.2. The van der Waals surface area contributed by atoms with Crippen LogP contribution in [0.15, 0.2) is 0 Å². The fourth-order valence-corrected chi connectivity index (χ4v) is 1.65. The first-order chi connectivity index (χ1) is 9.20. The summed E-state index contributed by atoms with van der Waals surface area (Å²) in [5, 5.41) is 41.7. The minimum atomic E-state index is -1.48. The third kappa shape index (κ3) is 13.8. The number of rotatable bonds is 11. The quantitative estimate of drug-likeness (QED) is 0.352. The molecule has 0 aliphatic heterocycles. The topological polar surface area (TPSA) is 169 Å². The summed E-state index contributed by atoms with van der Waals surface area (Å²) in [5.74, 6) is -5.93. The zero-order valence-corrected chi connectivity index (χ0v) is 13.4. The molecule has 0 aliphatic rings. The molecule has 0 unspecified atom stereocenters. The van der Waals surface area contributed by atoms with Crippen LogP contribution in [0.25, 0.3) is 0 Å². The van der Waals surface area contributed by atoms with Crippen molar-refractivity contribution in [2.75, 3.05) is 39.3 Å². The van der Waals surface area contributed by atoms with E-state index in [1.807, 2.05) is 0 Å². The molecule has 0 rings (SSSR count). The number of quaternary nitrogens is 2. The summed E-state index contributed by atoms with van der Waals surface area (Å²) < 4.78 is 0. The van der Waals surface area contributed by atoms with Crippen molar-refractivity contribution in [1.29, 1.82) is 0 Å². The first-order valence-corrected chi connectivity index (χ1v) is 5.67. The molecule has 0 aromatic rings. The van der Waals surface area contributed by atoms with E-state index >= 15 is 0 Å². The van der Waals surface area contributed by atoms with E-state index in [2.05, 4.69) is 0 Å². The average Bonchev–Trinajstić information content (AvgIpc) is 2.22. The van der Waals surface area contributed by atoms with Gasteiger partial charge in [0.2, 0.25) is 0 Å². The molecule has 0 aliphatic carbocycles. The average molecular weight is 330 g/mol. The van der Waals surface area contributed by atoms with Crippen molar-refractivity contribution >= 4 is 61.6 Å². The van der Waals surface area contributed by atoms with Crippen LogP contribution in [0.1, 0.15) is 0 Å². The van der Waals surface area contributed by atoms with Gasteiger partial charge in [0, 0.05) is 0 Å². The maximum absolute atomic E-state index is 10.4. The molecule has 114 valence electrons. The summed E-state index contributed by atoms with van der Waals surface area (Å²) in [6.45, 7) is -2.62. The van der Waals surface area contributed by atoms with Crippen LogP contribution in [0.3, 0.4) is 0 Å². The summed E-state index contributed by atoms with van der Waals surface area (Å²) in [7, 11) is 0. The number of nitrogens with one attached hydrogen (secondary N) is 2. The number of carbonyl (C=O) groups is 4. The SMILES string of the molecule is O=C([O-])C[NH+](CC[NH+](CC(=O)[O-])CC(=O)[O-])CC(=O)[O-].[Ca+2]. The van der Waals surface area contributed by atoms with Crippen molar-refractivity contribution in [3.8, 4) is 0 Å². The molecule has 0 aromatic heterocycles. The molecule has 0 radical (unpaired) electrons. The van der Waals surface area contributed by atoms with Gasteiger partial charge in [-0.1, -0.05) is 0 Å². The van der Waals surface area contributed by atoms with Crippen molar-refractivity contribution in [2.24, 2.45) is 0 Å². The molecule has 11 heteroatoms. The Labute approximate surface area is 149 Å². The molecule has 0 amide bonds. The molecular formula is C10H14CaN2O8. The van der Waals surface area contributed by atoms with E-state index in [1.54, 1.807) is 0 Å². The summed E-state index contributed by atoms with van der Waals surface area (Å²) in [6.07, 6.45) is 0. The molecule has 0 bridgehead atoms. The number of aliphatic carboxylic acids is 4. The largest absolute Gasteiger partial charge is 2.00 e. The van der Waals surface area contributed by atoms with E-state index < -0.39 is 50.1 Å². The molecular weight excluding hydrogens is 316 g/mol. The Kier molecular flexibility index (Phi) is 12.4. The molecule has 2 N–H and O–H groups in total. The van der Waals surface area contributed by atoms with E-state index in [9.17, 15) is 39.6 Å². The van der Waals surface area contributed by atoms with Crippen LogP contribution < -0.4 is 30.2 Å². The van der Waals surface area contributed by atoms with Gasteiger partial charge in [-0.15, -0.1) is 0 Å². The van der Waals surface area contributed by atoms with Crippen molar-refractivity contribution in [2.45, 2.75) is 0 Å². The molecule has 0 aromatic carbocycles. The van der Waals surface area contributed by atoms with Crippen molar-refractivity contribution in [1.82, 2.24) is 0 Å². The van der Waals surface area contributed by atoms with Crippen molar-refractivity contribution in [3.63, 3.8) is 0 Å². The fourth-order valence-electron chi connectivity index (χ4n) is 1.65. The molecule has 0 atom stereocenters. The second-order valence-corrected chi connectivity index (χ2v) is 4.20. The Morgan fingerprint density at radius 2 is 0.762 bits per heavy atom. The zero-order valence-electron chi connectivity index (χ0n) is 11.2. The van der Waals surface area contributed by atoms with Gasteiger partial charge in [-0.3, -0.25) is 0 Å². The van der Waals surface area contributed by atoms with E-state index in [0.717, 1.165) is 0 Å². The van der Waals surface area contributed by atoms with Crippen LogP contribution in [0.4, 0.5) is 0 Å². The van der Waals surface area contributed by atoms with Crippen LogP contribution in [0.2, 0.25) is 0 Å². The van der Waals surface area contributed by atoms with Crippen molar-refractivity contribution in [3.05, 3.63) is 0 Å². The van der Waals surface area contributed by atoms with Crippen LogP contribution in [0.5, 0.6) is 0 Å². The molecule has 10 nitrogen and oxygen atoms in total. The second kappa shape index (κ2) is 11.7. The van der Waals surface area contributed by atoms with Gasteiger partial charge < -0.3 is 49.4 Å².